The number of ether oxygens (including phenoxy) is 1. The first-order valence-corrected chi connectivity index (χ1v) is 12.5. The van der Waals surface area contributed by atoms with E-state index in [1.807, 2.05) is 26.1 Å². The van der Waals surface area contributed by atoms with Crippen LogP contribution < -0.4 is 4.74 Å². The molecule has 0 spiro atoms. The van der Waals surface area contributed by atoms with Crippen molar-refractivity contribution in [3.63, 3.8) is 0 Å². The third-order valence-electron chi connectivity index (χ3n) is 6.98. The second-order valence-corrected chi connectivity index (χ2v) is 12.1. The van der Waals surface area contributed by atoms with Crippen LogP contribution in [0, 0.1) is 10.8 Å². The van der Waals surface area contributed by atoms with Crippen LogP contribution in [0.1, 0.15) is 78.2 Å². The SMILES string of the molecule is CCCOc1c(Cl)cc(C2C3=C(CC(C)(C)CC3=O)N(C)C3=C2C(=O)CC(C)(C)C3)cc1Cl. The van der Waals surface area contributed by atoms with Crippen molar-refractivity contribution in [2.75, 3.05) is 13.7 Å². The molecule has 0 saturated carbocycles. The van der Waals surface area contributed by atoms with Crippen LogP contribution in [-0.4, -0.2) is 30.1 Å². The molecule has 0 fully saturated rings. The van der Waals surface area contributed by atoms with Gasteiger partial charge in [0.2, 0.25) is 0 Å². The van der Waals surface area contributed by atoms with Crippen molar-refractivity contribution in [1.82, 2.24) is 4.90 Å². The van der Waals surface area contributed by atoms with Gasteiger partial charge in [0.05, 0.1) is 16.7 Å². The Morgan fingerprint density at radius 3 is 1.79 bits per heavy atom. The topological polar surface area (TPSA) is 46.6 Å². The molecule has 1 aliphatic heterocycles. The number of rotatable bonds is 4. The third kappa shape index (κ3) is 4.37. The average Bonchev–Trinajstić information content (AvgIpc) is 2.67. The van der Waals surface area contributed by atoms with E-state index in [0.29, 0.717) is 35.2 Å². The molecule has 2 aliphatic carbocycles. The number of carbonyl (C=O) groups excluding carboxylic acids is 2. The van der Waals surface area contributed by atoms with Crippen LogP contribution in [0.15, 0.2) is 34.7 Å². The van der Waals surface area contributed by atoms with Crippen LogP contribution in [0.25, 0.3) is 0 Å². The van der Waals surface area contributed by atoms with Crippen molar-refractivity contribution < 1.29 is 14.3 Å². The number of hydrogen-bond acceptors (Lipinski definition) is 4. The molecule has 0 bridgehead atoms. The van der Waals surface area contributed by atoms with E-state index in [1.54, 1.807) is 0 Å². The van der Waals surface area contributed by atoms with Crippen molar-refractivity contribution in [1.29, 1.82) is 0 Å². The van der Waals surface area contributed by atoms with E-state index in [9.17, 15) is 9.59 Å². The Morgan fingerprint density at radius 2 is 1.36 bits per heavy atom. The van der Waals surface area contributed by atoms with Gasteiger partial charge in [0, 0.05) is 48.3 Å². The normalized spacial score (nSPS) is 22.5. The number of benzene rings is 1. The van der Waals surface area contributed by atoms with Crippen molar-refractivity contribution in [3.8, 4) is 5.75 Å². The number of ketones is 2. The minimum atomic E-state index is -0.450. The van der Waals surface area contributed by atoms with Gasteiger partial charge in [-0.25, -0.2) is 0 Å². The summed E-state index contributed by atoms with van der Waals surface area (Å²) in [4.78, 5) is 29.2. The molecule has 1 heterocycles. The molecule has 0 unspecified atom stereocenters. The summed E-state index contributed by atoms with van der Waals surface area (Å²) < 4.78 is 5.76. The summed E-state index contributed by atoms with van der Waals surface area (Å²) in [5.74, 6) is 0.197. The molecular formula is C27H33Cl2NO3. The zero-order valence-corrected chi connectivity index (χ0v) is 21.9. The fraction of sp³-hybridized carbons (Fsp3) is 0.556. The maximum atomic E-state index is 13.6. The van der Waals surface area contributed by atoms with E-state index in [-0.39, 0.29) is 22.4 Å². The van der Waals surface area contributed by atoms with E-state index >= 15 is 0 Å². The Bertz CT molecular complexity index is 1020. The quantitative estimate of drug-likeness (QED) is 0.452. The summed E-state index contributed by atoms with van der Waals surface area (Å²) >= 11 is 13.2. The molecule has 0 amide bonds. The second-order valence-electron chi connectivity index (χ2n) is 11.3. The van der Waals surface area contributed by atoms with E-state index in [2.05, 4.69) is 32.6 Å². The van der Waals surface area contributed by atoms with Gasteiger partial charge in [-0.3, -0.25) is 9.59 Å². The van der Waals surface area contributed by atoms with Gasteiger partial charge in [0.15, 0.2) is 17.3 Å². The minimum Gasteiger partial charge on any atom is -0.490 e. The smallest absolute Gasteiger partial charge is 0.162 e. The highest BCUT2D eigenvalue weighted by molar-refractivity contribution is 6.37. The van der Waals surface area contributed by atoms with Gasteiger partial charge in [0.1, 0.15) is 0 Å². The summed E-state index contributed by atoms with van der Waals surface area (Å²) in [7, 11) is 2.01. The number of Topliss-reactive ketones (excluding diaryl/α,β-unsaturated/α-hetero) is 2. The Morgan fingerprint density at radius 1 is 0.909 bits per heavy atom. The first-order chi connectivity index (χ1) is 15.3. The van der Waals surface area contributed by atoms with Crippen LogP contribution in [0.5, 0.6) is 5.75 Å². The van der Waals surface area contributed by atoms with Crippen molar-refractivity contribution >= 4 is 34.8 Å². The van der Waals surface area contributed by atoms with Gasteiger partial charge < -0.3 is 9.64 Å². The molecule has 4 nitrogen and oxygen atoms in total. The lowest BCUT2D eigenvalue weighted by molar-refractivity contribution is -0.119. The standard InChI is InChI=1S/C27H33Cl2NO3/c1-7-8-33-25-16(28)9-15(10-17(25)29)22-23-18(11-26(2,3)13-20(23)31)30(6)19-12-27(4,5)14-21(32)24(19)22/h9-10,22H,7-8,11-14H2,1-6H3. The first-order valence-electron chi connectivity index (χ1n) is 11.7. The molecule has 0 N–H and O–H groups in total. The number of allylic oxidation sites excluding steroid dienone is 4. The minimum absolute atomic E-state index is 0.0980. The zero-order valence-electron chi connectivity index (χ0n) is 20.4. The van der Waals surface area contributed by atoms with Crippen LogP contribution >= 0.6 is 23.2 Å². The van der Waals surface area contributed by atoms with Gasteiger partial charge in [-0.15, -0.1) is 0 Å². The second kappa shape index (κ2) is 8.46. The monoisotopic (exact) mass is 489 g/mol. The van der Waals surface area contributed by atoms with Gasteiger partial charge in [0.25, 0.3) is 0 Å². The molecule has 0 radical (unpaired) electrons. The lowest BCUT2D eigenvalue weighted by atomic mass is 9.64. The van der Waals surface area contributed by atoms with Gasteiger partial charge in [-0.05, 0) is 47.8 Å². The number of carbonyl (C=O) groups is 2. The molecule has 33 heavy (non-hydrogen) atoms. The van der Waals surface area contributed by atoms with Crippen molar-refractivity contribution in [3.05, 3.63) is 50.3 Å². The third-order valence-corrected chi connectivity index (χ3v) is 7.55. The molecule has 0 saturated heterocycles. The molecular weight excluding hydrogens is 457 g/mol. The summed E-state index contributed by atoms with van der Waals surface area (Å²) in [6.07, 6.45) is 3.32. The lowest BCUT2D eigenvalue weighted by Crippen LogP contribution is -2.43. The molecule has 4 rings (SSSR count). The van der Waals surface area contributed by atoms with Gasteiger partial charge in [-0.2, -0.15) is 0 Å². The highest BCUT2D eigenvalue weighted by Crippen LogP contribution is 2.54. The van der Waals surface area contributed by atoms with Crippen LogP contribution in [0.4, 0.5) is 0 Å². The largest absolute Gasteiger partial charge is 0.490 e. The summed E-state index contributed by atoms with van der Waals surface area (Å²) in [6, 6.07) is 3.65. The Kier molecular flexibility index (Phi) is 6.24. The van der Waals surface area contributed by atoms with E-state index in [4.69, 9.17) is 27.9 Å². The van der Waals surface area contributed by atoms with Crippen LogP contribution in [0.3, 0.4) is 0 Å². The molecule has 1 aromatic rings. The Labute approximate surface area is 207 Å². The Balaban J connectivity index is 1.93. The summed E-state index contributed by atoms with van der Waals surface area (Å²) in [5, 5.41) is 0.808. The summed E-state index contributed by atoms with van der Waals surface area (Å²) in [5.41, 5.74) is 3.99. The van der Waals surface area contributed by atoms with Gasteiger partial charge >= 0.3 is 0 Å². The number of nitrogens with zero attached hydrogens (tertiary/aromatic N) is 1. The summed E-state index contributed by atoms with van der Waals surface area (Å²) in [6.45, 7) is 11.0. The molecule has 0 aromatic heterocycles. The predicted molar refractivity (Wildman–Crippen MR) is 133 cm³/mol. The maximum Gasteiger partial charge on any atom is 0.162 e. The van der Waals surface area contributed by atoms with E-state index < -0.39 is 5.92 Å². The Hall–Kier alpha value is -1.78. The first kappa shape index (κ1) is 24.3. The molecule has 178 valence electrons. The highest BCUT2D eigenvalue weighted by atomic mass is 35.5. The zero-order chi connectivity index (χ0) is 24.3. The molecule has 3 aliphatic rings. The number of halogens is 2. The van der Waals surface area contributed by atoms with Crippen LogP contribution in [0.2, 0.25) is 10.0 Å². The number of hydrogen-bond donors (Lipinski definition) is 0. The van der Waals surface area contributed by atoms with E-state index in [0.717, 1.165) is 47.4 Å². The molecule has 1 aromatic carbocycles. The van der Waals surface area contributed by atoms with Crippen molar-refractivity contribution in [2.45, 2.75) is 72.6 Å². The highest BCUT2D eigenvalue weighted by Gasteiger charge is 2.48. The lowest BCUT2D eigenvalue weighted by Gasteiger charge is -2.48. The fourth-order valence-electron chi connectivity index (χ4n) is 5.59. The molecule has 6 heteroatoms. The predicted octanol–water partition coefficient (Wildman–Crippen LogP) is 7.10. The fourth-order valence-corrected chi connectivity index (χ4v) is 6.20. The van der Waals surface area contributed by atoms with Gasteiger partial charge in [-0.1, -0.05) is 57.8 Å². The maximum absolute atomic E-state index is 13.6. The average molecular weight is 490 g/mol. The van der Waals surface area contributed by atoms with E-state index in [1.165, 1.54) is 0 Å². The molecule has 0 atom stereocenters. The van der Waals surface area contributed by atoms with Crippen LogP contribution in [-0.2, 0) is 9.59 Å². The van der Waals surface area contributed by atoms with Crippen molar-refractivity contribution in [2.24, 2.45) is 10.8 Å².